The quantitative estimate of drug-likeness (QED) is 0.0792. The molecule has 8 aromatic rings. The Labute approximate surface area is 362 Å². The van der Waals surface area contributed by atoms with Gasteiger partial charge in [0.25, 0.3) is 0 Å². The number of Topliss-reactive ketones (excluding diaryl/α,β-unsaturated/α-hetero) is 2. The second-order valence-corrected chi connectivity index (χ2v) is 16.9. The molecule has 0 amide bonds. The second kappa shape index (κ2) is 25.5. The molecule has 6 nitrogen and oxygen atoms in total. The highest BCUT2D eigenvalue weighted by Gasteiger charge is 2.15. The third-order valence-corrected chi connectivity index (χ3v) is 12.0. The number of hydrogen-bond donors (Lipinski definition) is 1. The summed E-state index contributed by atoms with van der Waals surface area (Å²) in [5, 5.41) is 11.0. The molecule has 0 aliphatic rings. The zero-order chi connectivity index (χ0) is 40.7. The number of nitrogens with zero attached hydrogens (tertiary/aromatic N) is 1. The maximum Gasteiger partial charge on any atom is 0.222 e. The topological polar surface area (TPSA) is 99.2 Å². The van der Waals surface area contributed by atoms with Crippen molar-refractivity contribution in [3.8, 4) is 26.8 Å². The van der Waals surface area contributed by atoms with E-state index in [9.17, 15) is 19.2 Å². The van der Waals surface area contributed by atoms with Gasteiger partial charge in [-0.15, -0.1) is 45.3 Å². The fourth-order valence-electron chi connectivity index (χ4n) is 4.75. The zero-order valence-corrected chi connectivity index (χ0v) is 36.0. The number of rotatable bonds is 11. The van der Waals surface area contributed by atoms with Crippen LogP contribution in [0.1, 0.15) is 45.0 Å². The van der Waals surface area contributed by atoms with Crippen molar-refractivity contribution in [2.24, 2.45) is 0 Å². The van der Waals surface area contributed by atoms with Crippen molar-refractivity contribution in [2.45, 2.75) is 25.7 Å². The molecule has 6 aromatic heterocycles. The van der Waals surface area contributed by atoms with E-state index in [1.54, 1.807) is 46.1 Å². The van der Waals surface area contributed by atoms with Crippen LogP contribution in [0.2, 0.25) is 0 Å². The van der Waals surface area contributed by atoms with E-state index in [1.807, 2.05) is 76.1 Å². The Bertz CT molecular complexity index is 2160. The first kappa shape index (κ1) is 45.0. The standard InChI is InChI=1S/C18H13NS2.C12H10O2S2.C6H7N.C4H4Cl2O2.C4H4S/c1-2-6-14(7-3-1)19-15(17-8-4-12-20-17)10-11-16(19)18-9-5-13-21-18;13-9(11-3-1-7-15-11)5-6-10(14)12-4-2-8-16-12;7-6-4-2-1-3-5-6;5-3(7)1-2-4(6)8;1-2-4-5-3-1/h1-13H;1-4,7-8H,5-6H2;1-5H,7H2;1-2H2;1-4H. The molecule has 0 atom stereocenters. The Morgan fingerprint density at radius 2 is 0.877 bits per heavy atom. The Morgan fingerprint density at radius 3 is 1.19 bits per heavy atom. The third-order valence-electron chi connectivity index (χ3n) is 7.36. The van der Waals surface area contributed by atoms with Crippen molar-refractivity contribution in [3.05, 3.63) is 175 Å². The summed E-state index contributed by atoms with van der Waals surface area (Å²) >= 11 is 17.9. The van der Waals surface area contributed by atoms with Crippen LogP contribution in [0.4, 0.5) is 5.69 Å². The smallest absolute Gasteiger partial charge is 0.222 e. The Kier molecular flexibility index (Phi) is 20.1. The number of anilines is 1. The Hall–Kier alpha value is -4.72. The lowest BCUT2D eigenvalue weighted by Crippen LogP contribution is -2.02. The van der Waals surface area contributed by atoms with E-state index in [1.165, 1.54) is 49.5 Å². The van der Waals surface area contributed by atoms with Gasteiger partial charge in [-0.25, -0.2) is 0 Å². The van der Waals surface area contributed by atoms with Crippen LogP contribution in [-0.2, 0) is 9.59 Å². The van der Waals surface area contributed by atoms with Gasteiger partial charge in [0, 0.05) is 37.1 Å². The summed E-state index contributed by atoms with van der Waals surface area (Å²) in [5.41, 5.74) is 9.88. The number of hydrogen-bond acceptors (Lipinski definition) is 10. The molecule has 0 aliphatic heterocycles. The van der Waals surface area contributed by atoms with E-state index < -0.39 is 10.5 Å². The zero-order valence-electron chi connectivity index (χ0n) is 30.4. The molecule has 2 N–H and O–H groups in total. The number of benzene rings is 2. The average Bonchev–Trinajstić information content (AvgIpc) is 4.08. The minimum Gasteiger partial charge on any atom is -0.399 e. The first-order valence-corrected chi connectivity index (χ1v) is 22.6. The monoisotopic (exact) mass is 888 g/mol. The molecule has 292 valence electrons. The SMILES string of the molecule is Nc1ccccc1.O=C(CCC(=O)c1cccs1)c1cccs1.O=C(Cl)CCC(=O)Cl.c1ccc(-n2c(-c3cccs3)ccc2-c2cccs2)cc1.c1ccsc1. The van der Waals surface area contributed by atoms with E-state index >= 15 is 0 Å². The molecule has 0 aliphatic carbocycles. The van der Waals surface area contributed by atoms with Crippen molar-refractivity contribution in [1.82, 2.24) is 4.57 Å². The molecule has 0 bridgehead atoms. The Morgan fingerprint density at radius 1 is 0.456 bits per heavy atom. The van der Waals surface area contributed by atoms with Gasteiger partial charge < -0.3 is 10.3 Å². The molecule has 6 heterocycles. The van der Waals surface area contributed by atoms with Gasteiger partial charge in [0.05, 0.1) is 30.9 Å². The van der Waals surface area contributed by atoms with Gasteiger partial charge in [-0.2, -0.15) is 11.3 Å². The molecular weight excluding hydrogens is 852 g/mol. The number of thiophene rings is 5. The molecule has 0 fully saturated rings. The predicted octanol–water partition coefficient (Wildman–Crippen LogP) is 13.9. The van der Waals surface area contributed by atoms with E-state index in [2.05, 4.69) is 82.1 Å². The van der Waals surface area contributed by atoms with Crippen LogP contribution < -0.4 is 5.73 Å². The summed E-state index contributed by atoms with van der Waals surface area (Å²) < 4.78 is 2.34. The molecule has 0 unspecified atom stereocenters. The van der Waals surface area contributed by atoms with Crippen molar-refractivity contribution in [3.63, 3.8) is 0 Å². The summed E-state index contributed by atoms with van der Waals surface area (Å²) in [4.78, 5) is 47.1. The van der Waals surface area contributed by atoms with E-state index in [0.29, 0.717) is 12.8 Å². The highest BCUT2D eigenvalue weighted by atomic mass is 35.5. The molecule has 2 aromatic carbocycles. The van der Waals surface area contributed by atoms with E-state index in [0.717, 1.165) is 15.4 Å². The molecule has 13 heteroatoms. The van der Waals surface area contributed by atoms with Crippen LogP contribution in [0.15, 0.2) is 166 Å². The maximum absolute atomic E-state index is 11.6. The Balaban J connectivity index is 0.000000175. The summed E-state index contributed by atoms with van der Waals surface area (Å²) in [6, 6.07) is 44.4. The molecule has 0 spiro atoms. The molecule has 0 saturated carbocycles. The fraction of sp³-hybridized carbons (Fsp3) is 0.0909. The highest BCUT2D eigenvalue weighted by molar-refractivity contribution is 7.14. The first-order valence-electron chi connectivity index (χ1n) is 17.4. The average molecular weight is 890 g/mol. The van der Waals surface area contributed by atoms with Crippen molar-refractivity contribution < 1.29 is 19.2 Å². The molecular formula is C44H38Cl2N2O4S5. The van der Waals surface area contributed by atoms with Crippen LogP contribution >= 0.6 is 79.9 Å². The number of halogens is 2. The van der Waals surface area contributed by atoms with Crippen LogP contribution in [-0.4, -0.2) is 26.6 Å². The lowest BCUT2D eigenvalue weighted by Gasteiger charge is -2.12. The fourth-order valence-corrected chi connectivity index (χ4v) is 8.26. The van der Waals surface area contributed by atoms with Gasteiger partial charge in [-0.1, -0.05) is 72.8 Å². The minimum absolute atomic E-state index is 0.0316. The van der Waals surface area contributed by atoms with Crippen LogP contribution in [0.3, 0.4) is 0 Å². The van der Waals surface area contributed by atoms with Gasteiger partial charge in [0.1, 0.15) is 0 Å². The van der Waals surface area contributed by atoms with Gasteiger partial charge >= 0.3 is 0 Å². The number of carbonyl (C=O) groups excluding carboxylic acids is 4. The number of aromatic nitrogens is 1. The van der Waals surface area contributed by atoms with Crippen molar-refractivity contribution in [2.75, 3.05) is 5.73 Å². The second-order valence-electron chi connectivity index (χ2n) is 11.4. The normalized spacial score (nSPS) is 9.86. The predicted molar refractivity (Wildman–Crippen MR) is 245 cm³/mol. The van der Waals surface area contributed by atoms with Gasteiger partial charge in [-0.3, -0.25) is 19.2 Å². The number of nitrogens with two attached hydrogens (primary N) is 1. The highest BCUT2D eigenvalue weighted by Crippen LogP contribution is 2.36. The van der Waals surface area contributed by atoms with E-state index in [-0.39, 0.29) is 24.4 Å². The molecule has 57 heavy (non-hydrogen) atoms. The summed E-state index contributed by atoms with van der Waals surface area (Å²) in [6.07, 6.45) is 0.669. The molecule has 0 saturated heterocycles. The van der Waals surface area contributed by atoms with Crippen LogP contribution in [0.25, 0.3) is 26.8 Å². The van der Waals surface area contributed by atoms with Crippen LogP contribution in [0.5, 0.6) is 0 Å². The molecule has 0 radical (unpaired) electrons. The number of nitrogen functional groups attached to an aromatic ring is 1. The van der Waals surface area contributed by atoms with Crippen molar-refractivity contribution >= 4 is 108 Å². The first-order chi connectivity index (χ1) is 27.7. The molecule has 8 rings (SSSR count). The van der Waals surface area contributed by atoms with Gasteiger partial charge in [0.15, 0.2) is 11.6 Å². The third kappa shape index (κ3) is 16.3. The van der Waals surface area contributed by atoms with Crippen molar-refractivity contribution in [1.29, 1.82) is 0 Å². The number of ketones is 2. The van der Waals surface area contributed by atoms with Gasteiger partial charge in [-0.05, 0) is 116 Å². The lowest BCUT2D eigenvalue weighted by atomic mass is 10.1. The number of para-hydroxylation sites is 2. The van der Waals surface area contributed by atoms with E-state index in [4.69, 9.17) is 28.9 Å². The minimum atomic E-state index is -0.529. The maximum atomic E-state index is 11.6. The summed E-state index contributed by atoms with van der Waals surface area (Å²) in [6.45, 7) is 0. The van der Waals surface area contributed by atoms with Crippen LogP contribution in [0, 0.1) is 0 Å². The lowest BCUT2D eigenvalue weighted by molar-refractivity contribution is -0.116. The summed E-state index contributed by atoms with van der Waals surface area (Å²) in [7, 11) is 0. The summed E-state index contributed by atoms with van der Waals surface area (Å²) in [5.74, 6) is 0.111. The number of carbonyl (C=O) groups is 4. The van der Waals surface area contributed by atoms with Gasteiger partial charge in [0.2, 0.25) is 10.5 Å². The largest absolute Gasteiger partial charge is 0.399 e.